The summed E-state index contributed by atoms with van der Waals surface area (Å²) in [6.07, 6.45) is 1.39. The lowest BCUT2D eigenvalue weighted by Crippen LogP contribution is -2.25. The number of alkyl carbamates (subject to hydrolysis) is 1. The van der Waals surface area contributed by atoms with Gasteiger partial charge in [0, 0.05) is 6.54 Å². The van der Waals surface area contributed by atoms with Gasteiger partial charge in [0.25, 0.3) is 0 Å². The molecule has 0 radical (unpaired) electrons. The molecule has 0 aromatic heterocycles. The number of allylic oxidation sites excluding steroid dienone is 1. The Bertz CT molecular complexity index is 419. The van der Waals surface area contributed by atoms with E-state index in [1.807, 2.05) is 37.3 Å². The second-order valence-corrected chi connectivity index (χ2v) is 4.05. The van der Waals surface area contributed by atoms with Gasteiger partial charge in [-0.25, -0.2) is 4.79 Å². The number of carbonyl (C=O) groups excluding carboxylic acids is 1. The molecule has 0 fully saturated rings. The van der Waals surface area contributed by atoms with Gasteiger partial charge in [0.2, 0.25) is 0 Å². The van der Waals surface area contributed by atoms with Crippen LogP contribution < -0.4 is 5.32 Å². The third-order valence-electron chi connectivity index (χ3n) is 2.51. The first-order valence-electron chi connectivity index (χ1n) is 6.02. The maximum Gasteiger partial charge on any atom is 0.407 e. The quantitative estimate of drug-likeness (QED) is 0.616. The molecule has 1 aromatic rings. The molecule has 1 N–H and O–H groups in total. The lowest BCUT2D eigenvalue weighted by atomic mass is 10.2. The van der Waals surface area contributed by atoms with E-state index in [4.69, 9.17) is 4.74 Å². The first-order chi connectivity index (χ1) is 8.72. The zero-order chi connectivity index (χ0) is 13.2. The van der Waals surface area contributed by atoms with Crippen LogP contribution in [-0.2, 0) is 11.3 Å². The minimum absolute atomic E-state index is 0.304. The Morgan fingerprint density at radius 3 is 2.78 bits per heavy atom. The highest BCUT2D eigenvalue weighted by molar-refractivity contribution is 5.67. The van der Waals surface area contributed by atoms with Crippen LogP contribution in [0.4, 0.5) is 4.79 Å². The Hall–Kier alpha value is -1.99. The predicted octanol–water partition coefficient (Wildman–Crippen LogP) is 3.42. The maximum atomic E-state index is 11.4. The molecule has 0 unspecified atom stereocenters. The molecule has 1 rings (SSSR count). The molecular formula is C15H19NO2. The van der Waals surface area contributed by atoms with Gasteiger partial charge in [0.05, 0.1) is 0 Å². The van der Waals surface area contributed by atoms with Gasteiger partial charge < -0.3 is 10.1 Å². The molecule has 3 heteroatoms. The highest BCUT2D eigenvalue weighted by Crippen LogP contribution is 2.01. The second kappa shape index (κ2) is 8.15. The van der Waals surface area contributed by atoms with Crippen molar-refractivity contribution in [3.05, 3.63) is 53.8 Å². The minimum Gasteiger partial charge on any atom is -0.445 e. The number of benzene rings is 1. The van der Waals surface area contributed by atoms with E-state index in [1.54, 1.807) is 0 Å². The van der Waals surface area contributed by atoms with E-state index >= 15 is 0 Å². The fraction of sp³-hybridized carbons (Fsp3) is 0.333. The van der Waals surface area contributed by atoms with Crippen molar-refractivity contribution in [3.63, 3.8) is 0 Å². The molecule has 0 aliphatic rings. The molecule has 0 bridgehead atoms. The number of hydrogen-bond donors (Lipinski definition) is 1. The SMILES string of the molecule is C=C=C(C)CCCNC(=O)OCc1ccccc1. The van der Waals surface area contributed by atoms with E-state index < -0.39 is 0 Å². The van der Waals surface area contributed by atoms with Crippen molar-refractivity contribution in [1.29, 1.82) is 0 Å². The molecular weight excluding hydrogens is 226 g/mol. The Kier molecular flexibility index (Phi) is 6.37. The van der Waals surface area contributed by atoms with Crippen LogP contribution in [0.15, 0.2) is 48.2 Å². The molecule has 0 saturated heterocycles. The summed E-state index contributed by atoms with van der Waals surface area (Å²) >= 11 is 0. The largest absolute Gasteiger partial charge is 0.445 e. The van der Waals surface area contributed by atoms with Crippen LogP contribution in [0, 0.1) is 0 Å². The molecule has 96 valence electrons. The number of rotatable bonds is 6. The molecule has 3 nitrogen and oxygen atoms in total. The standard InChI is InChI=1S/C15H19NO2/c1-3-13(2)8-7-11-16-15(17)18-12-14-9-5-4-6-10-14/h4-6,9-10H,1,7-8,11-12H2,2H3,(H,16,17). The fourth-order valence-corrected chi connectivity index (χ4v) is 1.41. The Labute approximate surface area is 108 Å². The molecule has 0 spiro atoms. The topological polar surface area (TPSA) is 38.3 Å². The smallest absolute Gasteiger partial charge is 0.407 e. The third kappa shape index (κ3) is 5.92. The number of carbonyl (C=O) groups is 1. The fourth-order valence-electron chi connectivity index (χ4n) is 1.41. The van der Waals surface area contributed by atoms with Gasteiger partial charge in [-0.1, -0.05) is 36.9 Å². The van der Waals surface area contributed by atoms with Gasteiger partial charge in [0.1, 0.15) is 6.61 Å². The van der Waals surface area contributed by atoms with Gasteiger partial charge in [-0.05, 0) is 30.9 Å². The number of amides is 1. The number of nitrogens with one attached hydrogen (secondary N) is 1. The number of hydrogen-bond acceptors (Lipinski definition) is 2. The summed E-state index contributed by atoms with van der Waals surface area (Å²) in [6.45, 7) is 6.44. The van der Waals surface area contributed by atoms with Gasteiger partial charge in [0.15, 0.2) is 0 Å². The average molecular weight is 245 g/mol. The maximum absolute atomic E-state index is 11.4. The summed E-state index contributed by atoms with van der Waals surface area (Å²) in [5.41, 5.74) is 4.91. The first kappa shape index (κ1) is 14.1. The van der Waals surface area contributed by atoms with E-state index in [0.717, 1.165) is 24.0 Å². The molecule has 0 aliphatic carbocycles. The molecule has 0 heterocycles. The van der Waals surface area contributed by atoms with Crippen molar-refractivity contribution in [3.8, 4) is 0 Å². The molecule has 18 heavy (non-hydrogen) atoms. The number of ether oxygens (including phenoxy) is 1. The van der Waals surface area contributed by atoms with E-state index in [2.05, 4.69) is 17.6 Å². The monoisotopic (exact) mass is 245 g/mol. The zero-order valence-corrected chi connectivity index (χ0v) is 10.7. The van der Waals surface area contributed by atoms with Gasteiger partial charge in [-0.2, -0.15) is 0 Å². The molecule has 0 aliphatic heterocycles. The van der Waals surface area contributed by atoms with Crippen molar-refractivity contribution in [2.45, 2.75) is 26.4 Å². The summed E-state index contributed by atoms with van der Waals surface area (Å²) < 4.78 is 5.08. The van der Waals surface area contributed by atoms with E-state index in [0.29, 0.717) is 13.2 Å². The van der Waals surface area contributed by atoms with Crippen molar-refractivity contribution >= 4 is 6.09 Å². The lowest BCUT2D eigenvalue weighted by molar-refractivity contribution is 0.139. The minimum atomic E-state index is -0.376. The van der Waals surface area contributed by atoms with Crippen LogP contribution in [0.25, 0.3) is 0 Å². The van der Waals surface area contributed by atoms with Gasteiger partial charge >= 0.3 is 6.09 Å². The zero-order valence-electron chi connectivity index (χ0n) is 10.7. The average Bonchev–Trinajstić information content (AvgIpc) is 2.42. The molecule has 1 amide bonds. The van der Waals surface area contributed by atoms with Gasteiger partial charge in [-0.15, -0.1) is 5.73 Å². The normalized spacial score (nSPS) is 9.39. The van der Waals surface area contributed by atoms with Crippen LogP contribution >= 0.6 is 0 Å². The van der Waals surface area contributed by atoms with Crippen LogP contribution in [0.1, 0.15) is 25.3 Å². The van der Waals surface area contributed by atoms with Crippen molar-refractivity contribution in [2.75, 3.05) is 6.54 Å². The van der Waals surface area contributed by atoms with Gasteiger partial charge in [-0.3, -0.25) is 0 Å². The Morgan fingerprint density at radius 2 is 2.11 bits per heavy atom. The molecule has 1 aromatic carbocycles. The summed E-state index contributed by atoms with van der Waals surface area (Å²) in [6, 6.07) is 9.61. The van der Waals surface area contributed by atoms with Crippen LogP contribution in [-0.4, -0.2) is 12.6 Å². The van der Waals surface area contributed by atoms with Crippen LogP contribution in [0.3, 0.4) is 0 Å². The summed E-state index contributed by atoms with van der Waals surface area (Å²) in [5.74, 6) is 0. The summed E-state index contributed by atoms with van der Waals surface area (Å²) in [7, 11) is 0. The third-order valence-corrected chi connectivity index (χ3v) is 2.51. The van der Waals surface area contributed by atoms with E-state index in [-0.39, 0.29) is 6.09 Å². The second-order valence-electron chi connectivity index (χ2n) is 4.05. The Morgan fingerprint density at radius 1 is 1.39 bits per heavy atom. The first-order valence-corrected chi connectivity index (χ1v) is 6.02. The Balaban J connectivity index is 2.13. The summed E-state index contributed by atoms with van der Waals surface area (Å²) in [4.78, 5) is 11.4. The van der Waals surface area contributed by atoms with E-state index in [9.17, 15) is 4.79 Å². The lowest BCUT2D eigenvalue weighted by Gasteiger charge is -2.06. The van der Waals surface area contributed by atoms with Crippen molar-refractivity contribution in [2.24, 2.45) is 0 Å². The highest BCUT2D eigenvalue weighted by atomic mass is 16.5. The summed E-state index contributed by atoms with van der Waals surface area (Å²) in [5, 5.41) is 2.71. The predicted molar refractivity (Wildman–Crippen MR) is 72.2 cm³/mol. The van der Waals surface area contributed by atoms with Crippen LogP contribution in [0.2, 0.25) is 0 Å². The van der Waals surface area contributed by atoms with Crippen molar-refractivity contribution in [1.82, 2.24) is 5.32 Å². The molecule has 0 atom stereocenters. The van der Waals surface area contributed by atoms with E-state index in [1.165, 1.54) is 0 Å². The van der Waals surface area contributed by atoms with Crippen LogP contribution in [0.5, 0.6) is 0 Å². The molecule has 0 saturated carbocycles. The highest BCUT2D eigenvalue weighted by Gasteiger charge is 2.01. The van der Waals surface area contributed by atoms with Crippen molar-refractivity contribution < 1.29 is 9.53 Å².